The van der Waals surface area contributed by atoms with Crippen molar-refractivity contribution in [3.63, 3.8) is 0 Å². The molecule has 1 aromatic heterocycles. The van der Waals surface area contributed by atoms with E-state index in [1.54, 1.807) is 7.05 Å². The minimum absolute atomic E-state index is 0.0115. The standard InChI is InChI=1S/C17H18F2N4O/c1-23-16(21-15(22-23)9-2-3-9)17(24)20-12-6-10(7-12)13-5-4-11(18)8-14(13)19/h4-5,8-10,12H,2-3,6-7H2,1H3,(H,20,24). The summed E-state index contributed by atoms with van der Waals surface area (Å²) in [6, 6.07) is 3.63. The van der Waals surface area contributed by atoms with Crippen LogP contribution in [-0.2, 0) is 7.05 Å². The van der Waals surface area contributed by atoms with Crippen LogP contribution in [0.5, 0.6) is 0 Å². The van der Waals surface area contributed by atoms with E-state index < -0.39 is 11.6 Å². The van der Waals surface area contributed by atoms with E-state index >= 15 is 0 Å². The molecule has 0 atom stereocenters. The molecular formula is C17H18F2N4O. The average molecular weight is 332 g/mol. The van der Waals surface area contributed by atoms with Crippen LogP contribution in [0.4, 0.5) is 8.78 Å². The Morgan fingerprint density at radius 3 is 2.67 bits per heavy atom. The minimum atomic E-state index is -0.575. The summed E-state index contributed by atoms with van der Waals surface area (Å²) in [4.78, 5) is 16.6. The molecule has 0 bridgehead atoms. The molecule has 0 aliphatic heterocycles. The minimum Gasteiger partial charge on any atom is -0.347 e. The Morgan fingerprint density at radius 2 is 2.00 bits per heavy atom. The number of hydrogen-bond acceptors (Lipinski definition) is 3. The van der Waals surface area contributed by atoms with E-state index in [-0.39, 0.29) is 17.9 Å². The number of nitrogens with one attached hydrogen (secondary N) is 1. The molecule has 0 spiro atoms. The van der Waals surface area contributed by atoms with Crippen LogP contribution in [-0.4, -0.2) is 26.7 Å². The Bertz CT molecular complexity index is 794. The predicted molar refractivity (Wildman–Crippen MR) is 82.6 cm³/mol. The normalized spacial score (nSPS) is 23.0. The molecule has 2 aromatic rings. The van der Waals surface area contributed by atoms with Crippen molar-refractivity contribution in [3.05, 3.63) is 47.0 Å². The predicted octanol–water partition coefficient (Wildman–Crippen LogP) is 2.65. The number of carbonyl (C=O) groups is 1. The zero-order valence-corrected chi connectivity index (χ0v) is 13.3. The first-order valence-corrected chi connectivity index (χ1v) is 8.18. The Morgan fingerprint density at radius 1 is 1.25 bits per heavy atom. The highest BCUT2D eigenvalue weighted by Gasteiger charge is 2.35. The second-order valence-corrected chi connectivity index (χ2v) is 6.70. The van der Waals surface area contributed by atoms with Gasteiger partial charge in [-0.25, -0.2) is 18.4 Å². The third-order valence-electron chi connectivity index (χ3n) is 4.80. The number of aromatic nitrogens is 3. The first-order valence-electron chi connectivity index (χ1n) is 8.18. The fourth-order valence-corrected chi connectivity index (χ4v) is 3.19. The van der Waals surface area contributed by atoms with Crippen molar-refractivity contribution in [2.24, 2.45) is 7.05 Å². The topological polar surface area (TPSA) is 59.8 Å². The van der Waals surface area contributed by atoms with Crippen molar-refractivity contribution in [2.45, 2.75) is 43.6 Å². The van der Waals surface area contributed by atoms with Crippen LogP contribution in [0.15, 0.2) is 18.2 Å². The number of halogens is 2. The molecule has 2 saturated carbocycles. The maximum Gasteiger partial charge on any atom is 0.289 e. The smallest absolute Gasteiger partial charge is 0.289 e. The summed E-state index contributed by atoms with van der Waals surface area (Å²) < 4.78 is 28.2. The maximum atomic E-state index is 13.8. The summed E-state index contributed by atoms with van der Waals surface area (Å²) in [5.41, 5.74) is 0.511. The van der Waals surface area contributed by atoms with Crippen molar-refractivity contribution in [1.82, 2.24) is 20.1 Å². The fraction of sp³-hybridized carbons (Fsp3) is 0.471. The average Bonchev–Trinajstić information content (AvgIpc) is 3.26. The molecule has 0 unspecified atom stereocenters. The molecule has 2 fully saturated rings. The van der Waals surface area contributed by atoms with Crippen LogP contribution >= 0.6 is 0 Å². The van der Waals surface area contributed by atoms with Gasteiger partial charge in [-0.05, 0) is 43.2 Å². The van der Waals surface area contributed by atoms with Gasteiger partial charge in [0.05, 0.1) is 0 Å². The monoisotopic (exact) mass is 332 g/mol. The van der Waals surface area contributed by atoms with Crippen molar-refractivity contribution in [3.8, 4) is 0 Å². The van der Waals surface area contributed by atoms with E-state index in [1.165, 1.54) is 16.8 Å². The van der Waals surface area contributed by atoms with Crippen molar-refractivity contribution >= 4 is 5.91 Å². The number of rotatable bonds is 4. The molecule has 2 aliphatic carbocycles. The van der Waals surface area contributed by atoms with Gasteiger partial charge in [0.25, 0.3) is 5.91 Å². The largest absolute Gasteiger partial charge is 0.347 e. The zero-order valence-electron chi connectivity index (χ0n) is 13.3. The van der Waals surface area contributed by atoms with Gasteiger partial charge >= 0.3 is 0 Å². The van der Waals surface area contributed by atoms with Gasteiger partial charge in [0.15, 0.2) is 5.82 Å². The van der Waals surface area contributed by atoms with Crippen molar-refractivity contribution < 1.29 is 13.6 Å². The molecule has 2 aliphatic rings. The fourth-order valence-electron chi connectivity index (χ4n) is 3.19. The Kier molecular flexibility index (Phi) is 3.58. The lowest BCUT2D eigenvalue weighted by atomic mass is 9.75. The van der Waals surface area contributed by atoms with Crippen LogP contribution < -0.4 is 5.32 Å². The number of amides is 1. The highest BCUT2D eigenvalue weighted by molar-refractivity contribution is 5.91. The Labute approximate surface area is 138 Å². The Balaban J connectivity index is 1.37. The van der Waals surface area contributed by atoms with Crippen LogP contribution in [0.25, 0.3) is 0 Å². The highest BCUT2D eigenvalue weighted by atomic mass is 19.1. The lowest BCUT2D eigenvalue weighted by molar-refractivity contribution is 0.0893. The van der Waals surface area contributed by atoms with E-state index in [0.29, 0.717) is 30.1 Å². The number of hydrogen-bond donors (Lipinski definition) is 1. The lowest BCUT2D eigenvalue weighted by Crippen LogP contribution is -2.44. The number of aryl methyl sites for hydroxylation is 1. The zero-order chi connectivity index (χ0) is 16.8. The van der Waals surface area contributed by atoms with Crippen molar-refractivity contribution in [1.29, 1.82) is 0 Å². The lowest BCUT2D eigenvalue weighted by Gasteiger charge is -2.36. The number of benzene rings is 1. The van der Waals surface area contributed by atoms with E-state index in [1.807, 2.05) is 0 Å². The van der Waals surface area contributed by atoms with Crippen LogP contribution in [0.3, 0.4) is 0 Å². The summed E-state index contributed by atoms with van der Waals surface area (Å²) in [6.07, 6.45) is 3.44. The molecule has 0 saturated heterocycles. The van der Waals surface area contributed by atoms with E-state index in [9.17, 15) is 13.6 Å². The third-order valence-corrected chi connectivity index (χ3v) is 4.80. The second-order valence-electron chi connectivity index (χ2n) is 6.70. The molecule has 126 valence electrons. The summed E-state index contributed by atoms with van der Waals surface area (Å²) >= 11 is 0. The molecule has 24 heavy (non-hydrogen) atoms. The van der Waals surface area contributed by atoms with Crippen LogP contribution in [0.2, 0.25) is 0 Å². The van der Waals surface area contributed by atoms with Gasteiger partial charge in [0.2, 0.25) is 5.82 Å². The molecular weight excluding hydrogens is 314 g/mol. The third kappa shape index (κ3) is 2.79. The molecule has 1 aromatic carbocycles. The summed E-state index contributed by atoms with van der Waals surface area (Å²) in [5.74, 6) is 0.113. The SMILES string of the molecule is Cn1nc(C2CC2)nc1C(=O)NC1CC(c2ccc(F)cc2F)C1. The van der Waals surface area contributed by atoms with Crippen LogP contribution in [0, 0.1) is 11.6 Å². The van der Waals surface area contributed by atoms with Gasteiger partial charge in [-0.2, -0.15) is 5.10 Å². The summed E-state index contributed by atoms with van der Waals surface area (Å²) in [5, 5.41) is 7.20. The second kappa shape index (κ2) is 5.65. The van der Waals surface area contributed by atoms with Gasteiger partial charge in [-0.3, -0.25) is 4.79 Å². The molecule has 5 nitrogen and oxygen atoms in total. The highest BCUT2D eigenvalue weighted by Crippen LogP contribution is 2.39. The first-order chi connectivity index (χ1) is 11.5. The molecule has 1 heterocycles. The molecule has 1 N–H and O–H groups in total. The van der Waals surface area contributed by atoms with E-state index in [4.69, 9.17) is 0 Å². The Hall–Kier alpha value is -2.31. The molecule has 7 heteroatoms. The van der Waals surface area contributed by atoms with Gasteiger partial charge in [-0.15, -0.1) is 0 Å². The van der Waals surface area contributed by atoms with Gasteiger partial charge in [-0.1, -0.05) is 6.07 Å². The van der Waals surface area contributed by atoms with E-state index in [0.717, 1.165) is 24.7 Å². The molecule has 4 rings (SSSR count). The van der Waals surface area contributed by atoms with E-state index in [2.05, 4.69) is 15.4 Å². The van der Waals surface area contributed by atoms with Gasteiger partial charge in [0, 0.05) is 25.1 Å². The van der Waals surface area contributed by atoms with Crippen molar-refractivity contribution in [2.75, 3.05) is 0 Å². The van der Waals surface area contributed by atoms with Gasteiger partial charge in [0.1, 0.15) is 11.6 Å². The maximum absolute atomic E-state index is 13.8. The van der Waals surface area contributed by atoms with Gasteiger partial charge < -0.3 is 5.32 Å². The quantitative estimate of drug-likeness (QED) is 0.936. The summed E-state index contributed by atoms with van der Waals surface area (Å²) in [6.45, 7) is 0. The first kappa shape index (κ1) is 15.2. The number of nitrogens with zero attached hydrogens (tertiary/aromatic N) is 3. The summed E-state index contributed by atoms with van der Waals surface area (Å²) in [7, 11) is 1.71. The molecule has 0 radical (unpaired) electrons. The number of carbonyl (C=O) groups excluding carboxylic acids is 1. The molecule has 1 amide bonds. The van der Waals surface area contributed by atoms with Crippen LogP contribution in [0.1, 0.15) is 59.5 Å².